The number of rotatable bonds is 2. The van der Waals surface area contributed by atoms with Crippen molar-refractivity contribution in [3.05, 3.63) is 24.3 Å². The van der Waals surface area contributed by atoms with Crippen LogP contribution in [0.25, 0.3) is 0 Å². The maximum Gasteiger partial charge on any atom is 0.118 e. The van der Waals surface area contributed by atoms with Crippen molar-refractivity contribution < 1.29 is 4.74 Å². The van der Waals surface area contributed by atoms with Gasteiger partial charge in [-0.2, -0.15) is 0 Å². The Balaban J connectivity index is 3.06. The third-order valence-electron chi connectivity index (χ3n) is 3.69. The highest BCUT2D eigenvalue weighted by atomic mass is 28.3. The lowest BCUT2D eigenvalue weighted by molar-refractivity contribution is 0.415. The molecule has 0 unspecified atom stereocenters. The van der Waals surface area contributed by atoms with Crippen molar-refractivity contribution in [1.82, 2.24) is 0 Å². The number of hydrogen-bond donors (Lipinski definition) is 0. The molecule has 1 aromatic carbocycles. The molecule has 0 amide bonds. The van der Waals surface area contributed by atoms with E-state index < -0.39 is 8.07 Å². The van der Waals surface area contributed by atoms with Crippen LogP contribution in [0.4, 0.5) is 0 Å². The molecular weight excluding hydrogens is 200 g/mol. The Kier molecular flexibility index (Phi) is 3.29. The molecule has 2 heteroatoms. The summed E-state index contributed by atoms with van der Waals surface area (Å²) in [5.74, 6) is 0.942. The molecule has 1 rings (SSSR count). The van der Waals surface area contributed by atoms with Crippen molar-refractivity contribution in [2.75, 3.05) is 7.11 Å². The van der Waals surface area contributed by atoms with Gasteiger partial charge in [-0.25, -0.2) is 0 Å². The monoisotopic (exact) mass is 222 g/mol. The zero-order chi connectivity index (χ0) is 11.7. The van der Waals surface area contributed by atoms with Crippen LogP contribution in [0.1, 0.15) is 20.8 Å². The third kappa shape index (κ3) is 2.43. The number of ether oxygens (including phenoxy) is 1. The summed E-state index contributed by atoms with van der Waals surface area (Å²) in [4.78, 5) is 0. The van der Waals surface area contributed by atoms with E-state index in [1.165, 1.54) is 5.19 Å². The van der Waals surface area contributed by atoms with Gasteiger partial charge >= 0.3 is 0 Å². The second-order valence-corrected chi connectivity index (χ2v) is 10.9. The molecule has 0 saturated carbocycles. The molecule has 0 radical (unpaired) electrons. The van der Waals surface area contributed by atoms with Gasteiger partial charge in [-0.1, -0.05) is 51.2 Å². The Hall–Kier alpha value is -0.763. The molecule has 0 N–H and O–H groups in total. The molecule has 15 heavy (non-hydrogen) atoms. The van der Waals surface area contributed by atoms with E-state index >= 15 is 0 Å². The fraction of sp³-hybridized carbons (Fsp3) is 0.538. The van der Waals surface area contributed by atoms with E-state index in [0.717, 1.165) is 5.75 Å². The van der Waals surface area contributed by atoms with Crippen LogP contribution in [0, 0.1) is 0 Å². The molecule has 0 aliphatic carbocycles. The Bertz CT molecular complexity index is 319. The first-order valence-corrected chi connectivity index (χ1v) is 8.43. The van der Waals surface area contributed by atoms with Crippen LogP contribution < -0.4 is 9.92 Å². The Labute approximate surface area is 94.5 Å². The minimum atomic E-state index is -1.37. The van der Waals surface area contributed by atoms with Gasteiger partial charge in [-0.05, 0) is 17.2 Å². The molecule has 0 bridgehead atoms. The van der Waals surface area contributed by atoms with Crippen molar-refractivity contribution >= 4 is 13.3 Å². The highest BCUT2D eigenvalue weighted by Crippen LogP contribution is 2.35. The summed E-state index contributed by atoms with van der Waals surface area (Å²) in [5, 5.41) is 1.89. The second-order valence-electron chi connectivity index (χ2n) is 5.60. The van der Waals surface area contributed by atoms with E-state index in [0.29, 0.717) is 5.04 Å². The Morgan fingerprint density at radius 2 is 1.47 bits per heavy atom. The van der Waals surface area contributed by atoms with E-state index in [1.807, 2.05) is 0 Å². The maximum absolute atomic E-state index is 5.18. The summed E-state index contributed by atoms with van der Waals surface area (Å²) in [6, 6.07) is 8.57. The fourth-order valence-corrected chi connectivity index (χ4v) is 3.31. The standard InChI is InChI=1S/C13H22OSi/c1-13(2,3)15(5,6)12-9-7-11(14-4)8-10-12/h7-10H,1-6H3. The molecule has 0 fully saturated rings. The minimum Gasteiger partial charge on any atom is -0.497 e. The Morgan fingerprint density at radius 3 is 1.80 bits per heavy atom. The molecular formula is C13H22OSi. The molecule has 0 heterocycles. The average Bonchev–Trinajstić information content (AvgIpc) is 2.16. The van der Waals surface area contributed by atoms with Gasteiger partial charge in [0, 0.05) is 0 Å². The van der Waals surface area contributed by atoms with Gasteiger partial charge < -0.3 is 4.74 Å². The molecule has 84 valence electrons. The largest absolute Gasteiger partial charge is 0.497 e. The van der Waals surface area contributed by atoms with Crippen LogP contribution in [0.15, 0.2) is 24.3 Å². The van der Waals surface area contributed by atoms with Gasteiger partial charge in [-0.3, -0.25) is 0 Å². The molecule has 0 saturated heterocycles. The smallest absolute Gasteiger partial charge is 0.118 e. The average molecular weight is 222 g/mol. The molecule has 0 atom stereocenters. The van der Waals surface area contributed by atoms with Crippen LogP contribution in [-0.4, -0.2) is 15.2 Å². The summed E-state index contributed by atoms with van der Waals surface area (Å²) in [5.41, 5.74) is 0. The van der Waals surface area contributed by atoms with Gasteiger partial charge in [0.1, 0.15) is 5.75 Å². The molecule has 0 spiro atoms. The van der Waals surface area contributed by atoms with Crippen molar-refractivity contribution in [3.63, 3.8) is 0 Å². The summed E-state index contributed by atoms with van der Waals surface area (Å²) < 4.78 is 5.18. The molecule has 0 aliphatic rings. The van der Waals surface area contributed by atoms with Gasteiger partial charge in [0.05, 0.1) is 15.2 Å². The number of methoxy groups -OCH3 is 1. The highest BCUT2D eigenvalue weighted by Gasteiger charge is 2.36. The Morgan fingerprint density at radius 1 is 1.00 bits per heavy atom. The molecule has 1 aromatic rings. The van der Waals surface area contributed by atoms with Gasteiger partial charge in [-0.15, -0.1) is 0 Å². The predicted molar refractivity (Wildman–Crippen MR) is 69.8 cm³/mol. The number of hydrogen-bond acceptors (Lipinski definition) is 1. The first-order chi connectivity index (χ1) is 6.79. The topological polar surface area (TPSA) is 9.23 Å². The quantitative estimate of drug-likeness (QED) is 0.697. The first-order valence-electron chi connectivity index (χ1n) is 5.43. The first kappa shape index (κ1) is 12.3. The van der Waals surface area contributed by atoms with Crippen molar-refractivity contribution in [2.24, 2.45) is 0 Å². The van der Waals surface area contributed by atoms with Gasteiger partial charge in [0.15, 0.2) is 0 Å². The minimum absolute atomic E-state index is 0.390. The zero-order valence-corrected chi connectivity index (χ0v) is 11.7. The lowest BCUT2D eigenvalue weighted by Crippen LogP contribution is -2.49. The van der Waals surface area contributed by atoms with E-state index in [-0.39, 0.29) is 0 Å². The van der Waals surface area contributed by atoms with Crippen LogP contribution in [0.2, 0.25) is 18.1 Å². The normalized spacial score (nSPS) is 12.7. The number of benzene rings is 1. The van der Waals surface area contributed by atoms with Crippen molar-refractivity contribution in [1.29, 1.82) is 0 Å². The van der Waals surface area contributed by atoms with Crippen LogP contribution in [-0.2, 0) is 0 Å². The molecule has 0 aromatic heterocycles. The van der Waals surface area contributed by atoms with Crippen molar-refractivity contribution in [2.45, 2.75) is 38.9 Å². The van der Waals surface area contributed by atoms with E-state index in [1.54, 1.807) is 7.11 Å². The van der Waals surface area contributed by atoms with E-state index in [4.69, 9.17) is 4.74 Å². The fourth-order valence-electron chi connectivity index (χ4n) is 1.44. The van der Waals surface area contributed by atoms with Crippen molar-refractivity contribution in [3.8, 4) is 5.75 Å². The lowest BCUT2D eigenvalue weighted by Gasteiger charge is -2.37. The maximum atomic E-state index is 5.18. The third-order valence-corrected chi connectivity index (χ3v) is 9.21. The highest BCUT2D eigenvalue weighted by molar-refractivity contribution is 6.92. The summed E-state index contributed by atoms with van der Waals surface area (Å²) in [7, 11) is 0.337. The predicted octanol–water partition coefficient (Wildman–Crippen LogP) is 3.41. The van der Waals surface area contributed by atoms with E-state index in [9.17, 15) is 0 Å². The van der Waals surface area contributed by atoms with Gasteiger partial charge in [0.25, 0.3) is 0 Å². The van der Waals surface area contributed by atoms with E-state index in [2.05, 4.69) is 58.1 Å². The summed E-state index contributed by atoms with van der Waals surface area (Å²) in [6.45, 7) is 11.9. The van der Waals surface area contributed by atoms with Crippen LogP contribution in [0.3, 0.4) is 0 Å². The zero-order valence-electron chi connectivity index (χ0n) is 10.7. The lowest BCUT2D eigenvalue weighted by atomic mass is 10.2. The van der Waals surface area contributed by atoms with Crippen LogP contribution in [0.5, 0.6) is 5.75 Å². The molecule has 0 aliphatic heterocycles. The SMILES string of the molecule is COc1ccc([Si](C)(C)C(C)(C)C)cc1. The summed E-state index contributed by atoms with van der Waals surface area (Å²) >= 11 is 0. The van der Waals surface area contributed by atoms with Gasteiger partial charge in [0.2, 0.25) is 0 Å². The molecule has 1 nitrogen and oxygen atoms in total. The second kappa shape index (κ2) is 4.01. The summed E-state index contributed by atoms with van der Waals surface area (Å²) in [6.07, 6.45) is 0. The van der Waals surface area contributed by atoms with Crippen LogP contribution >= 0.6 is 0 Å².